The standard InChI is InChI=1S/C15H31N3O/c1-15(2,11-18(3)4)10-17-14(19)9-12-5-7-13(16)8-6-12/h12-13H,5-11,16H2,1-4H3,(H,17,19). The van der Waals surface area contributed by atoms with Gasteiger partial charge in [-0.1, -0.05) is 13.8 Å². The summed E-state index contributed by atoms with van der Waals surface area (Å²) >= 11 is 0. The molecule has 0 aliphatic heterocycles. The normalized spacial score (nSPS) is 24.5. The van der Waals surface area contributed by atoms with Crippen LogP contribution in [0.5, 0.6) is 0 Å². The van der Waals surface area contributed by atoms with Crippen LogP contribution in [0.15, 0.2) is 0 Å². The van der Waals surface area contributed by atoms with Crippen molar-refractivity contribution in [1.82, 2.24) is 10.2 Å². The fourth-order valence-corrected chi connectivity index (χ4v) is 2.98. The summed E-state index contributed by atoms with van der Waals surface area (Å²) in [4.78, 5) is 14.1. The molecule has 19 heavy (non-hydrogen) atoms. The summed E-state index contributed by atoms with van der Waals surface area (Å²) in [5, 5.41) is 3.09. The number of hydrogen-bond acceptors (Lipinski definition) is 3. The van der Waals surface area contributed by atoms with Crippen LogP contribution in [-0.2, 0) is 4.79 Å². The van der Waals surface area contributed by atoms with Crippen LogP contribution in [0.3, 0.4) is 0 Å². The molecule has 4 nitrogen and oxygen atoms in total. The zero-order valence-electron chi connectivity index (χ0n) is 13.0. The molecule has 0 aromatic rings. The Morgan fingerprint density at radius 3 is 2.37 bits per heavy atom. The number of carbonyl (C=O) groups is 1. The van der Waals surface area contributed by atoms with E-state index >= 15 is 0 Å². The SMILES string of the molecule is CN(C)CC(C)(C)CNC(=O)CC1CCC(N)CC1. The zero-order valence-corrected chi connectivity index (χ0v) is 13.0. The molecule has 0 unspecified atom stereocenters. The molecule has 0 radical (unpaired) electrons. The van der Waals surface area contributed by atoms with Crippen molar-refractivity contribution in [3.8, 4) is 0 Å². The first-order valence-electron chi connectivity index (χ1n) is 7.45. The third kappa shape index (κ3) is 6.92. The topological polar surface area (TPSA) is 58.4 Å². The van der Waals surface area contributed by atoms with Gasteiger partial charge >= 0.3 is 0 Å². The maximum Gasteiger partial charge on any atom is 0.220 e. The average Bonchev–Trinajstić information content (AvgIpc) is 2.28. The summed E-state index contributed by atoms with van der Waals surface area (Å²) < 4.78 is 0. The number of carbonyl (C=O) groups excluding carboxylic acids is 1. The summed E-state index contributed by atoms with van der Waals surface area (Å²) in [6, 6.07) is 0.360. The molecule has 4 heteroatoms. The van der Waals surface area contributed by atoms with E-state index in [1.54, 1.807) is 0 Å². The van der Waals surface area contributed by atoms with Crippen molar-refractivity contribution >= 4 is 5.91 Å². The van der Waals surface area contributed by atoms with Crippen molar-refractivity contribution in [1.29, 1.82) is 0 Å². The first kappa shape index (κ1) is 16.4. The molecule has 3 N–H and O–H groups in total. The number of hydrogen-bond donors (Lipinski definition) is 2. The summed E-state index contributed by atoms with van der Waals surface area (Å²) in [5.74, 6) is 0.740. The first-order chi connectivity index (χ1) is 8.78. The van der Waals surface area contributed by atoms with Crippen LogP contribution in [0, 0.1) is 11.3 Å². The van der Waals surface area contributed by atoms with Gasteiger partial charge in [0.1, 0.15) is 0 Å². The van der Waals surface area contributed by atoms with Crippen molar-refractivity contribution < 1.29 is 4.79 Å². The highest BCUT2D eigenvalue weighted by molar-refractivity contribution is 5.76. The predicted octanol–water partition coefficient (Wildman–Crippen LogP) is 1.60. The fourth-order valence-electron chi connectivity index (χ4n) is 2.98. The molecule has 1 saturated carbocycles. The molecule has 0 saturated heterocycles. The quantitative estimate of drug-likeness (QED) is 0.770. The van der Waals surface area contributed by atoms with E-state index in [0.29, 0.717) is 18.4 Å². The molecule has 1 amide bonds. The van der Waals surface area contributed by atoms with Crippen LogP contribution in [-0.4, -0.2) is 44.0 Å². The molecular weight excluding hydrogens is 238 g/mol. The Bertz CT molecular complexity index is 281. The number of amides is 1. The van der Waals surface area contributed by atoms with Gasteiger partial charge in [-0.15, -0.1) is 0 Å². The highest BCUT2D eigenvalue weighted by atomic mass is 16.1. The van der Waals surface area contributed by atoms with Gasteiger partial charge in [0.15, 0.2) is 0 Å². The van der Waals surface area contributed by atoms with E-state index in [0.717, 1.165) is 38.8 Å². The van der Waals surface area contributed by atoms with Gasteiger partial charge in [-0.25, -0.2) is 0 Å². The zero-order chi connectivity index (χ0) is 14.5. The number of nitrogens with one attached hydrogen (secondary N) is 1. The van der Waals surface area contributed by atoms with E-state index in [1.165, 1.54) is 0 Å². The van der Waals surface area contributed by atoms with E-state index in [4.69, 9.17) is 5.73 Å². The molecule has 0 spiro atoms. The van der Waals surface area contributed by atoms with Crippen molar-refractivity contribution in [2.45, 2.75) is 52.0 Å². The molecule has 0 aromatic carbocycles. The van der Waals surface area contributed by atoms with Crippen molar-refractivity contribution in [3.05, 3.63) is 0 Å². The number of nitrogens with zero attached hydrogens (tertiary/aromatic N) is 1. The second kappa shape index (κ2) is 7.25. The molecule has 0 atom stereocenters. The summed E-state index contributed by atoms with van der Waals surface area (Å²) in [6.45, 7) is 6.10. The first-order valence-corrected chi connectivity index (χ1v) is 7.45. The molecule has 0 bridgehead atoms. The smallest absolute Gasteiger partial charge is 0.220 e. The Labute approximate surface area is 118 Å². The molecule has 0 heterocycles. The Morgan fingerprint density at radius 2 is 1.84 bits per heavy atom. The lowest BCUT2D eigenvalue weighted by Crippen LogP contribution is -2.40. The molecule has 1 aliphatic carbocycles. The molecule has 1 rings (SSSR count). The van der Waals surface area contributed by atoms with Crippen LogP contribution in [0.2, 0.25) is 0 Å². The Balaban J connectivity index is 2.24. The van der Waals surface area contributed by atoms with Gasteiger partial charge < -0.3 is 16.0 Å². The largest absolute Gasteiger partial charge is 0.356 e. The second-order valence-electron chi connectivity index (χ2n) is 7.16. The van der Waals surface area contributed by atoms with E-state index in [2.05, 4.69) is 38.2 Å². The minimum absolute atomic E-state index is 0.119. The van der Waals surface area contributed by atoms with Gasteiger partial charge in [0.05, 0.1) is 0 Å². The van der Waals surface area contributed by atoms with E-state index < -0.39 is 0 Å². The molecule has 1 fully saturated rings. The van der Waals surface area contributed by atoms with Crippen LogP contribution in [0.4, 0.5) is 0 Å². The van der Waals surface area contributed by atoms with Crippen LogP contribution in [0.1, 0.15) is 46.0 Å². The average molecular weight is 269 g/mol. The Kier molecular flexibility index (Phi) is 6.27. The number of nitrogens with two attached hydrogens (primary N) is 1. The van der Waals surface area contributed by atoms with Crippen molar-refractivity contribution in [3.63, 3.8) is 0 Å². The third-order valence-electron chi connectivity index (χ3n) is 3.87. The van der Waals surface area contributed by atoms with Gasteiger partial charge in [-0.05, 0) is 51.1 Å². The summed E-state index contributed by atoms with van der Waals surface area (Å²) in [5.41, 5.74) is 6.00. The predicted molar refractivity (Wildman–Crippen MR) is 79.9 cm³/mol. The minimum atomic E-state index is 0.119. The highest BCUT2D eigenvalue weighted by Gasteiger charge is 2.23. The van der Waals surface area contributed by atoms with Crippen molar-refractivity contribution in [2.24, 2.45) is 17.1 Å². The highest BCUT2D eigenvalue weighted by Crippen LogP contribution is 2.25. The van der Waals surface area contributed by atoms with Gasteiger partial charge in [-0.3, -0.25) is 4.79 Å². The Morgan fingerprint density at radius 1 is 1.26 bits per heavy atom. The van der Waals surface area contributed by atoms with Gasteiger partial charge in [-0.2, -0.15) is 0 Å². The van der Waals surface area contributed by atoms with Gasteiger partial charge in [0.2, 0.25) is 5.91 Å². The number of rotatable bonds is 6. The van der Waals surface area contributed by atoms with Crippen LogP contribution < -0.4 is 11.1 Å². The maximum absolute atomic E-state index is 12.0. The van der Waals surface area contributed by atoms with Crippen LogP contribution in [0.25, 0.3) is 0 Å². The van der Waals surface area contributed by atoms with E-state index in [-0.39, 0.29) is 11.3 Å². The molecular formula is C15H31N3O. The van der Waals surface area contributed by atoms with Crippen LogP contribution >= 0.6 is 0 Å². The van der Waals surface area contributed by atoms with Gasteiger partial charge in [0.25, 0.3) is 0 Å². The summed E-state index contributed by atoms with van der Waals surface area (Å²) in [6.07, 6.45) is 5.03. The lowest BCUT2D eigenvalue weighted by molar-refractivity contribution is -0.122. The van der Waals surface area contributed by atoms with Crippen molar-refractivity contribution in [2.75, 3.05) is 27.2 Å². The minimum Gasteiger partial charge on any atom is -0.356 e. The third-order valence-corrected chi connectivity index (χ3v) is 3.87. The molecule has 1 aliphatic rings. The van der Waals surface area contributed by atoms with Gasteiger partial charge in [0, 0.05) is 25.6 Å². The molecule has 0 aromatic heterocycles. The summed E-state index contributed by atoms with van der Waals surface area (Å²) in [7, 11) is 4.13. The molecule has 112 valence electrons. The second-order valence-corrected chi connectivity index (χ2v) is 7.16. The lowest BCUT2D eigenvalue weighted by atomic mass is 9.84. The monoisotopic (exact) mass is 269 g/mol. The fraction of sp³-hybridized carbons (Fsp3) is 0.933. The van der Waals surface area contributed by atoms with E-state index in [1.807, 2.05) is 0 Å². The lowest BCUT2D eigenvalue weighted by Gasteiger charge is -2.29. The maximum atomic E-state index is 12.0. The van der Waals surface area contributed by atoms with E-state index in [9.17, 15) is 4.79 Å². The Hall–Kier alpha value is -0.610.